The summed E-state index contributed by atoms with van der Waals surface area (Å²) in [6.07, 6.45) is 0.397. The number of hydrogen-bond donors (Lipinski definition) is 1. The number of sulfone groups is 1. The van der Waals surface area contributed by atoms with Gasteiger partial charge in [0.2, 0.25) is 15.7 Å². The molecule has 2 atom stereocenters. The van der Waals surface area contributed by atoms with E-state index in [0.29, 0.717) is 12.5 Å². The molecule has 1 amide bonds. The van der Waals surface area contributed by atoms with E-state index in [1.165, 1.54) is 12.1 Å². The van der Waals surface area contributed by atoms with Gasteiger partial charge in [0.15, 0.2) is 0 Å². The molecule has 0 aliphatic heterocycles. The number of hydrogen-bond acceptors (Lipinski definition) is 5. The van der Waals surface area contributed by atoms with Gasteiger partial charge in [0, 0.05) is 24.5 Å². The minimum absolute atomic E-state index is 0.0780. The zero-order valence-electron chi connectivity index (χ0n) is 15.9. The number of nitrogens with zero attached hydrogens (tertiary/aromatic N) is 2. The molecule has 4 rings (SSSR count). The molecule has 1 aliphatic rings. The second kappa shape index (κ2) is 7.77. The van der Waals surface area contributed by atoms with Gasteiger partial charge in [-0.3, -0.25) is 9.78 Å². The average molecular weight is 447 g/mol. The summed E-state index contributed by atoms with van der Waals surface area (Å²) in [6, 6.07) is 9.70. The second-order valence-corrected chi connectivity index (χ2v) is 9.08. The summed E-state index contributed by atoms with van der Waals surface area (Å²) >= 11 is 0. The van der Waals surface area contributed by atoms with Gasteiger partial charge in [0.05, 0.1) is 15.4 Å². The summed E-state index contributed by atoms with van der Waals surface area (Å²) < 4.78 is 64.0. The highest BCUT2D eigenvalue weighted by Crippen LogP contribution is 2.47. The predicted octanol–water partition coefficient (Wildman–Crippen LogP) is 4.07. The molecule has 0 spiro atoms. The van der Waals surface area contributed by atoms with Gasteiger partial charge in [0.1, 0.15) is 5.82 Å². The van der Waals surface area contributed by atoms with Crippen molar-refractivity contribution in [2.75, 3.05) is 5.32 Å². The van der Waals surface area contributed by atoms with E-state index in [4.69, 9.17) is 0 Å². The third kappa shape index (κ3) is 4.43. The first kappa shape index (κ1) is 21.0. The Morgan fingerprint density at radius 1 is 1.03 bits per heavy atom. The van der Waals surface area contributed by atoms with Crippen molar-refractivity contribution >= 4 is 21.6 Å². The van der Waals surface area contributed by atoms with E-state index in [1.807, 2.05) is 6.07 Å². The normalized spacial score (nSPS) is 18.4. The molecular formula is C21H16F3N3O3S. The molecule has 0 radical (unpaired) electrons. The van der Waals surface area contributed by atoms with Gasteiger partial charge < -0.3 is 5.32 Å². The number of carbonyl (C=O) groups is 1. The van der Waals surface area contributed by atoms with Crippen LogP contribution < -0.4 is 5.32 Å². The Hall–Kier alpha value is -3.27. The Labute approximate surface area is 176 Å². The molecular weight excluding hydrogens is 431 g/mol. The number of nitrogens with one attached hydrogen (secondary N) is 1. The van der Waals surface area contributed by atoms with Crippen LogP contribution in [0.15, 0.2) is 76.9 Å². The van der Waals surface area contributed by atoms with Crippen LogP contribution >= 0.6 is 0 Å². The van der Waals surface area contributed by atoms with E-state index >= 15 is 0 Å². The zero-order chi connectivity index (χ0) is 22.2. The van der Waals surface area contributed by atoms with E-state index in [-0.39, 0.29) is 28.5 Å². The number of rotatable bonds is 5. The lowest BCUT2D eigenvalue weighted by Gasteiger charge is -2.10. The first-order valence-electron chi connectivity index (χ1n) is 9.25. The summed E-state index contributed by atoms with van der Waals surface area (Å²) in [5.74, 6) is -0.228. The van der Waals surface area contributed by atoms with Gasteiger partial charge in [0.25, 0.3) is 0 Å². The number of anilines is 1. The fraction of sp³-hybridized carbons (Fsp3) is 0.190. The highest BCUT2D eigenvalue weighted by atomic mass is 32.2. The lowest BCUT2D eigenvalue weighted by Crippen LogP contribution is -2.15. The molecule has 1 aromatic carbocycles. The zero-order valence-corrected chi connectivity index (χ0v) is 16.7. The van der Waals surface area contributed by atoms with Crippen LogP contribution in [0.5, 0.6) is 0 Å². The molecule has 10 heteroatoms. The molecule has 2 heterocycles. The van der Waals surface area contributed by atoms with Crippen LogP contribution in [-0.2, 0) is 20.8 Å². The first-order valence-corrected chi connectivity index (χ1v) is 10.7. The summed E-state index contributed by atoms with van der Waals surface area (Å²) in [4.78, 5) is 19.6. The first-order chi connectivity index (χ1) is 14.7. The molecule has 1 N–H and O–H groups in total. The lowest BCUT2D eigenvalue weighted by molar-refractivity contribution is -0.137. The number of alkyl halides is 3. The number of benzene rings is 1. The molecule has 1 saturated carbocycles. The van der Waals surface area contributed by atoms with E-state index in [2.05, 4.69) is 15.3 Å². The van der Waals surface area contributed by atoms with Crippen molar-refractivity contribution in [2.45, 2.75) is 28.3 Å². The maximum Gasteiger partial charge on any atom is 0.416 e. The van der Waals surface area contributed by atoms with Crippen molar-refractivity contribution in [3.63, 3.8) is 0 Å². The Balaban J connectivity index is 1.46. The highest BCUT2D eigenvalue weighted by molar-refractivity contribution is 7.91. The Kier molecular flexibility index (Phi) is 5.26. The Bertz CT molecular complexity index is 1210. The fourth-order valence-electron chi connectivity index (χ4n) is 3.26. The van der Waals surface area contributed by atoms with Crippen LogP contribution in [0.1, 0.15) is 23.5 Å². The van der Waals surface area contributed by atoms with E-state index < -0.39 is 26.5 Å². The Morgan fingerprint density at radius 3 is 2.48 bits per heavy atom. The molecule has 2 aromatic heterocycles. The van der Waals surface area contributed by atoms with Crippen LogP contribution in [0.3, 0.4) is 0 Å². The maximum absolute atomic E-state index is 12.9. The van der Waals surface area contributed by atoms with Crippen LogP contribution in [0, 0.1) is 5.92 Å². The number of amides is 1. The quantitative estimate of drug-likeness (QED) is 0.637. The van der Waals surface area contributed by atoms with Gasteiger partial charge >= 0.3 is 6.18 Å². The van der Waals surface area contributed by atoms with Gasteiger partial charge in [-0.2, -0.15) is 13.2 Å². The van der Waals surface area contributed by atoms with Crippen molar-refractivity contribution in [2.24, 2.45) is 5.92 Å². The van der Waals surface area contributed by atoms with Crippen molar-refractivity contribution in [3.05, 3.63) is 78.2 Å². The lowest BCUT2D eigenvalue weighted by atomic mass is 10.1. The van der Waals surface area contributed by atoms with Crippen molar-refractivity contribution in [1.29, 1.82) is 0 Å². The van der Waals surface area contributed by atoms with Gasteiger partial charge in [-0.15, -0.1) is 0 Å². The predicted molar refractivity (Wildman–Crippen MR) is 105 cm³/mol. The van der Waals surface area contributed by atoms with Crippen molar-refractivity contribution in [1.82, 2.24) is 9.97 Å². The molecule has 0 bridgehead atoms. The van der Waals surface area contributed by atoms with Crippen molar-refractivity contribution < 1.29 is 26.4 Å². The standard InChI is InChI=1S/C21H16F3N3O3S/c22-21(23,24)14-4-1-5-15(9-14)31(29,30)16-6-7-19(26-12-16)27-20(28)18-10-17(18)13-3-2-8-25-11-13/h1-9,11-12,17-18H,10H2,(H,26,27,28)/t17-,18+/m1/s1. The summed E-state index contributed by atoms with van der Waals surface area (Å²) in [5, 5.41) is 2.64. The third-order valence-electron chi connectivity index (χ3n) is 5.01. The molecule has 6 nitrogen and oxygen atoms in total. The SMILES string of the molecule is O=C(Nc1ccc(S(=O)(=O)c2cccc(C(F)(F)F)c2)cn1)[C@H]1C[C@@H]1c1cccnc1. The Morgan fingerprint density at radius 2 is 1.84 bits per heavy atom. The van der Waals surface area contributed by atoms with Crippen LogP contribution in [0.25, 0.3) is 0 Å². The summed E-state index contributed by atoms with van der Waals surface area (Å²) in [6.45, 7) is 0. The summed E-state index contributed by atoms with van der Waals surface area (Å²) in [7, 11) is -4.20. The summed E-state index contributed by atoms with van der Waals surface area (Å²) in [5.41, 5.74) is -0.0869. The van der Waals surface area contributed by atoms with Crippen molar-refractivity contribution in [3.8, 4) is 0 Å². The molecule has 0 saturated heterocycles. The van der Waals surface area contributed by atoms with Gasteiger partial charge in [-0.05, 0) is 54.3 Å². The largest absolute Gasteiger partial charge is 0.416 e. The third-order valence-corrected chi connectivity index (χ3v) is 6.75. The van der Waals surface area contributed by atoms with E-state index in [0.717, 1.165) is 30.0 Å². The molecule has 1 aliphatic carbocycles. The number of halogens is 3. The molecule has 1 fully saturated rings. The number of carbonyl (C=O) groups excluding carboxylic acids is 1. The second-order valence-electron chi connectivity index (χ2n) is 7.13. The van der Waals surface area contributed by atoms with Crippen LogP contribution in [0.4, 0.5) is 19.0 Å². The molecule has 31 heavy (non-hydrogen) atoms. The minimum atomic E-state index is -4.66. The fourth-order valence-corrected chi connectivity index (χ4v) is 4.51. The average Bonchev–Trinajstić information content (AvgIpc) is 3.55. The monoisotopic (exact) mass is 447 g/mol. The van der Waals surface area contributed by atoms with E-state index in [1.54, 1.807) is 18.5 Å². The van der Waals surface area contributed by atoms with E-state index in [9.17, 15) is 26.4 Å². The van der Waals surface area contributed by atoms with Gasteiger partial charge in [-0.1, -0.05) is 12.1 Å². The van der Waals surface area contributed by atoms with Crippen LogP contribution in [0.2, 0.25) is 0 Å². The minimum Gasteiger partial charge on any atom is -0.310 e. The molecule has 160 valence electrons. The van der Waals surface area contributed by atoms with Gasteiger partial charge in [-0.25, -0.2) is 13.4 Å². The molecule has 0 unspecified atom stereocenters. The van der Waals surface area contributed by atoms with Crippen LogP contribution in [-0.4, -0.2) is 24.3 Å². The topological polar surface area (TPSA) is 89.0 Å². The smallest absolute Gasteiger partial charge is 0.310 e. The maximum atomic E-state index is 12.9. The number of aromatic nitrogens is 2. The number of pyridine rings is 2. The molecule has 3 aromatic rings. The highest BCUT2D eigenvalue weighted by Gasteiger charge is 2.44.